The fraction of sp³-hybridized carbons (Fsp3) is 0.333. The molecule has 1 heterocycles. The third-order valence-electron chi connectivity index (χ3n) is 2.28. The molecule has 0 spiro atoms. The van der Waals surface area contributed by atoms with E-state index in [2.05, 4.69) is 9.63 Å². The van der Waals surface area contributed by atoms with Crippen LogP contribution in [0.5, 0.6) is 5.75 Å². The van der Waals surface area contributed by atoms with Crippen LogP contribution in [-0.4, -0.2) is 15.5 Å². The molecule has 1 aliphatic rings. The van der Waals surface area contributed by atoms with Crippen molar-refractivity contribution < 1.29 is 13.2 Å². The lowest BCUT2D eigenvalue weighted by Crippen LogP contribution is -2.08. The third-order valence-corrected chi connectivity index (χ3v) is 3.50. The molecule has 0 saturated carbocycles. The van der Waals surface area contributed by atoms with Crippen LogP contribution in [0, 0.1) is 0 Å². The van der Waals surface area contributed by atoms with E-state index in [1.165, 1.54) is 13.2 Å². The molecule has 0 bridgehead atoms. The van der Waals surface area contributed by atoms with Crippen molar-refractivity contribution in [3.63, 3.8) is 0 Å². The number of sulfonamides is 1. The van der Waals surface area contributed by atoms with Gasteiger partial charge in [0.2, 0.25) is 0 Å². The van der Waals surface area contributed by atoms with E-state index in [1.807, 2.05) is 0 Å². The van der Waals surface area contributed by atoms with Gasteiger partial charge >= 0.3 is 0 Å². The lowest BCUT2D eigenvalue weighted by Gasteiger charge is -2.15. The zero-order valence-corrected chi connectivity index (χ0v) is 9.15. The standard InChI is InChI=1S/C9H10N2O3S/c1-6-8-4-3-7(14-2)5-9(8)15(12,13)11-10-6/h3-6H,1-2H3. The molecule has 0 radical (unpaired) electrons. The van der Waals surface area contributed by atoms with Gasteiger partial charge in [0.05, 0.1) is 18.0 Å². The molecule has 0 N–H and O–H groups in total. The number of ether oxygens (including phenoxy) is 1. The van der Waals surface area contributed by atoms with Gasteiger partial charge in [0.1, 0.15) is 5.75 Å². The van der Waals surface area contributed by atoms with Gasteiger partial charge in [0.15, 0.2) is 0 Å². The summed E-state index contributed by atoms with van der Waals surface area (Å²) in [6, 6.07) is 4.66. The molecule has 1 aromatic rings. The van der Waals surface area contributed by atoms with E-state index in [0.29, 0.717) is 11.3 Å². The number of nitrogens with zero attached hydrogens (tertiary/aromatic N) is 2. The summed E-state index contributed by atoms with van der Waals surface area (Å²) in [7, 11) is -2.14. The molecule has 1 aliphatic heterocycles. The Morgan fingerprint density at radius 3 is 2.80 bits per heavy atom. The molecule has 1 unspecified atom stereocenters. The van der Waals surface area contributed by atoms with Crippen molar-refractivity contribution in [2.45, 2.75) is 17.9 Å². The van der Waals surface area contributed by atoms with Crippen LogP contribution in [0.25, 0.3) is 0 Å². The molecule has 0 saturated heterocycles. The molecule has 0 fully saturated rings. The Hall–Kier alpha value is -1.43. The molecule has 80 valence electrons. The Morgan fingerprint density at radius 1 is 1.40 bits per heavy atom. The number of hydrogen-bond donors (Lipinski definition) is 0. The predicted octanol–water partition coefficient (Wildman–Crippen LogP) is 1.91. The van der Waals surface area contributed by atoms with Crippen LogP contribution in [0.15, 0.2) is 32.7 Å². The Kier molecular flexibility index (Phi) is 2.22. The van der Waals surface area contributed by atoms with Gasteiger partial charge in [0.25, 0.3) is 10.0 Å². The lowest BCUT2D eigenvalue weighted by atomic mass is 10.1. The van der Waals surface area contributed by atoms with Gasteiger partial charge < -0.3 is 4.74 Å². The van der Waals surface area contributed by atoms with Crippen molar-refractivity contribution in [3.8, 4) is 5.75 Å². The van der Waals surface area contributed by atoms with Crippen LogP contribution in [0.1, 0.15) is 18.5 Å². The van der Waals surface area contributed by atoms with E-state index in [1.54, 1.807) is 19.1 Å². The molecule has 0 aliphatic carbocycles. The molecule has 6 heteroatoms. The second kappa shape index (κ2) is 3.30. The van der Waals surface area contributed by atoms with E-state index < -0.39 is 10.0 Å². The van der Waals surface area contributed by atoms with Crippen LogP contribution in [0.3, 0.4) is 0 Å². The first-order valence-electron chi connectivity index (χ1n) is 4.39. The van der Waals surface area contributed by atoms with E-state index >= 15 is 0 Å². The average molecular weight is 226 g/mol. The SMILES string of the molecule is COc1ccc2c(c1)S(=O)(=O)N=NC2C. The summed E-state index contributed by atoms with van der Waals surface area (Å²) < 4.78 is 31.4. The molecule has 1 atom stereocenters. The van der Waals surface area contributed by atoms with E-state index in [0.717, 1.165) is 0 Å². The van der Waals surface area contributed by atoms with E-state index in [9.17, 15) is 8.42 Å². The second-order valence-electron chi connectivity index (χ2n) is 3.25. The maximum Gasteiger partial charge on any atom is 0.299 e. The maximum absolute atomic E-state index is 11.6. The van der Waals surface area contributed by atoms with Gasteiger partial charge in [-0.05, 0) is 18.6 Å². The zero-order chi connectivity index (χ0) is 11.1. The normalized spacial score (nSPS) is 22.1. The first-order chi connectivity index (χ1) is 7.04. The highest BCUT2D eigenvalue weighted by Gasteiger charge is 2.26. The largest absolute Gasteiger partial charge is 0.497 e. The molecule has 0 aromatic heterocycles. The summed E-state index contributed by atoms with van der Waals surface area (Å²) in [4.78, 5) is 0.185. The highest BCUT2D eigenvalue weighted by molar-refractivity contribution is 7.90. The summed E-state index contributed by atoms with van der Waals surface area (Å²) in [5.74, 6) is 0.502. The van der Waals surface area contributed by atoms with Gasteiger partial charge in [-0.2, -0.15) is 13.5 Å². The van der Waals surface area contributed by atoms with Gasteiger partial charge in [0, 0.05) is 6.07 Å². The first kappa shape index (κ1) is 10.1. The van der Waals surface area contributed by atoms with Crippen molar-refractivity contribution >= 4 is 10.0 Å². The summed E-state index contributed by atoms with van der Waals surface area (Å²) in [5.41, 5.74) is 0.658. The molecule has 1 aromatic carbocycles. The minimum Gasteiger partial charge on any atom is -0.497 e. The van der Waals surface area contributed by atoms with Crippen LogP contribution >= 0.6 is 0 Å². The fourth-order valence-corrected chi connectivity index (χ4v) is 2.60. The summed E-state index contributed by atoms with van der Waals surface area (Å²) in [6.45, 7) is 1.80. The minimum atomic E-state index is -3.63. The lowest BCUT2D eigenvalue weighted by molar-refractivity contribution is 0.412. The third kappa shape index (κ3) is 1.61. The van der Waals surface area contributed by atoms with Crippen molar-refractivity contribution in [2.24, 2.45) is 9.63 Å². The maximum atomic E-state index is 11.6. The Balaban J connectivity index is 2.69. The molecular weight excluding hydrogens is 216 g/mol. The van der Waals surface area contributed by atoms with E-state index in [-0.39, 0.29) is 10.9 Å². The number of methoxy groups -OCH3 is 1. The Labute approximate surface area is 87.8 Å². The minimum absolute atomic E-state index is 0.185. The van der Waals surface area contributed by atoms with Crippen molar-refractivity contribution in [1.29, 1.82) is 0 Å². The highest BCUT2D eigenvalue weighted by Crippen LogP contribution is 2.33. The van der Waals surface area contributed by atoms with Gasteiger partial charge in [-0.15, -0.1) is 0 Å². The summed E-state index contributed by atoms with van der Waals surface area (Å²) in [5, 5.41) is 3.68. The first-order valence-corrected chi connectivity index (χ1v) is 5.83. The summed E-state index contributed by atoms with van der Waals surface area (Å²) in [6.07, 6.45) is 0. The number of hydrogen-bond acceptors (Lipinski definition) is 4. The predicted molar refractivity (Wildman–Crippen MR) is 53.5 cm³/mol. The fourth-order valence-electron chi connectivity index (χ4n) is 1.45. The van der Waals surface area contributed by atoms with Gasteiger partial charge in [-0.3, -0.25) is 0 Å². The molecule has 2 rings (SSSR count). The quantitative estimate of drug-likeness (QED) is 0.734. The highest BCUT2D eigenvalue weighted by atomic mass is 32.2. The van der Waals surface area contributed by atoms with Gasteiger partial charge in [-0.1, -0.05) is 10.6 Å². The average Bonchev–Trinajstić information content (AvgIpc) is 2.24. The van der Waals surface area contributed by atoms with E-state index in [4.69, 9.17) is 4.74 Å². The summed E-state index contributed by atoms with van der Waals surface area (Å²) >= 11 is 0. The molecule has 0 amide bonds. The van der Waals surface area contributed by atoms with Crippen LogP contribution in [-0.2, 0) is 10.0 Å². The number of benzene rings is 1. The number of fused-ring (bicyclic) bond motifs is 1. The van der Waals surface area contributed by atoms with Crippen molar-refractivity contribution in [2.75, 3.05) is 7.11 Å². The monoisotopic (exact) mass is 226 g/mol. The zero-order valence-electron chi connectivity index (χ0n) is 8.34. The van der Waals surface area contributed by atoms with Gasteiger partial charge in [-0.25, -0.2) is 0 Å². The Morgan fingerprint density at radius 2 is 2.13 bits per heavy atom. The van der Waals surface area contributed by atoms with Crippen LogP contribution < -0.4 is 4.74 Å². The smallest absolute Gasteiger partial charge is 0.299 e. The Bertz CT molecular complexity index is 522. The second-order valence-corrected chi connectivity index (χ2v) is 4.81. The molecule has 5 nitrogen and oxygen atoms in total. The van der Waals surface area contributed by atoms with Crippen LogP contribution in [0.4, 0.5) is 0 Å². The molecule has 15 heavy (non-hydrogen) atoms. The number of rotatable bonds is 1. The van der Waals surface area contributed by atoms with Crippen molar-refractivity contribution in [1.82, 2.24) is 0 Å². The molecular formula is C9H10N2O3S. The topological polar surface area (TPSA) is 68.1 Å². The van der Waals surface area contributed by atoms with Crippen molar-refractivity contribution in [3.05, 3.63) is 23.8 Å². The van der Waals surface area contributed by atoms with Crippen LogP contribution in [0.2, 0.25) is 0 Å².